The van der Waals surface area contributed by atoms with Gasteiger partial charge in [0.2, 0.25) is 0 Å². The molecule has 104 valence electrons. The molecule has 20 heavy (non-hydrogen) atoms. The van der Waals surface area contributed by atoms with E-state index in [0.29, 0.717) is 5.75 Å². The monoisotopic (exact) mass is 285 g/mol. The third-order valence-corrected chi connectivity index (χ3v) is 5.55. The van der Waals surface area contributed by atoms with E-state index < -0.39 is 9.73 Å². The van der Waals surface area contributed by atoms with E-state index in [0.717, 1.165) is 16.0 Å². The predicted octanol–water partition coefficient (Wildman–Crippen LogP) is 4.25. The first-order valence-corrected chi connectivity index (χ1v) is 8.26. The van der Waals surface area contributed by atoms with E-state index in [1.807, 2.05) is 73.7 Å². The third-order valence-electron chi connectivity index (χ3n) is 3.25. The third kappa shape index (κ3) is 3.17. The molecule has 2 rings (SSSR count). The van der Waals surface area contributed by atoms with Crippen LogP contribution < -0.4 is 0 Å². The average Bonchev–Trinajstić information content (AvgIpc) is 2.54. The van der Waals surface area contributed by atoms with Gasteiger partial charge < -0.3 is 0 Å². The zero-order valence-electron chi connectivity index (χ0n) is 11.8. The van der Waals surface area contributed by atoms with E-state index in [2.05, 4.69) is 4.36 Å². The molecule has 0 radical (unpaired) electrons. The number of hydrogen-bond acceptors (Lipinski definition) is 2. The van der Waals surface area contributed by atoms with E-state index >= 15 is 0 Å². The maximum Gasteiger partial charge on any atom is 0.0791 e. The van der Waals surface area contributed by atoms with Crippen molar-refractivity contribution < 1.29 is 4.21 Å². The van der Waals surface area contributed by atoms with Gasteiger partial charge in [-0.25, -0.2) is 8.57 Å². The van der Waals surface area contributed by atoms with E-state index in [9.17, 15) is 4.21 Å². The molecule has 0 aromatic heterocycles. The Morgan fingerprint density at radius 3 is 2.10 bits per heavy atom. The smallest absolute Gasteiger partial charge is 0.0791 e. The normalized spacial score (nSPS) is 14.6. The Labute approximate surface area is 121 Å². The fourth-order valence-electron chi connectivity index (χ4n) is 2.08. The summed E-state index contributed by atoms with van der Waals surface area (Å²) in [6.07, 6.45) is 2.02. The molecule has 2 aromatic carbocycles. The second-order valence-electron chi connectivity index (χ2n) is 4.46. The first-order valence-electron chi connectivity index (χ1n) is 6.58. The fraction of sp³-hybridized carbons (Fsp3) is 0.176. The minimum absolute atomic E-state index is 0.439. The van der Waals surface area contributed by atoms with Gasteiger partial charge in [0.15, 0.2) is 0 Å². The summed E-state index contributed by atoms with van der Waals surface area (Å²) >= 11 is 0. The molecule has 0 fully saturated rings. The molecule has 0 aliphatic carbocycles. The van der Waals surface area contributed by atoms with Crippen molar-refractivity contribution >= 4 is 15.3 Å². The van der Waals surface area contributed by atoms with Crippen LogP contribution in [0, 0.1) is 0 Å². The van der Waals surface area contributed by atoms with Crippen LogP contribution in [0.1, 0.15) is 12.5 Å². The molecule has 3 heteroatoms. The quantitative estimate of drug-likeness (QED) is 0.826. The molecule has 0 saturated heterocycles. The van der Waals surface area contributed by atoms with Crippen molar-refractivity contribution in [3.63, 3.8) is 0 Å². The summed E-state index contributed by atoms with van der Waals surface area (Å²) in [7, 11) is -0.776. The van der Waals surface area contributed by atoms with Gasteiger partial charge in [-0.05, 0) is 30.2 Å². The molecule has 2 nitrogen and oxygen atoms in total. The molecule has 0 aliphatic rings. The minimum atomic E-state index is -2.41. The van der Waals surface area contributed by atoms with Gasteiger partial charge in [-0.2, -0.15) is 0 Å². The van der Waals surface area contributed by atoms with Crippen molar-refractivity contribution in [1.82, 2.24) is 0 Å². The summed E-state index contributed by atoms with van der Waals surface area (Å²) in [6, 6.07) is 19.5. The maximum atomic E-state index is 13.1. The average molecular weight is 285 g/mol. The van der Waals surface area contributed by atoms with Crippen LogP contribution in [0.15, 0.2) is 76.0 Å². The van der Waals surface area contributed by atoms with Crippen LogP contribution in [-0.2, 0) is 9.73 Å². The van der Waals surface area contributed by atoms with Crippen LogP contribution in [0.2, 0.25) is 0 Å². The SMILES string of the molecule is C/C=C(/CS(=O)(=NC)c1ccccc1)c1ccccc1. The van der Waals surface area contributed by atoms with Crippen molar-refractivity contribution in [2.75, 3.05) is 12.8 Å². The van der Waals surface area contributed by atoms with Crippen molar-refractivity contribution in [1.29, 1.82) is 0 Å². The number of rotatable bonds is 4. The highest BCUT2D eigenvalue weighted by Gasteiger charge is 2.14. The zero-order valence-corrected chi connectivity index (χ0v) is 12.6. The molecule has 0 saturated carbocycles. The van der Waals surface area contributed by atoms with Crippen molar-refractivity contribution in [3.05, 3.63) is 72.3 Å². The van der Waals surface area contributed by atoms with E-state index in [-0.39, 0.29) is 0 Å². The summed E-state index contributed by atoms with van der Waals surface area (Å²) in [6.45, 7) is 1.98. The van der Waals surface area contributed by atoms with Gasteiger partial charge in [0.1, 0.15) is 0 Å². The molecule has 0 N–H and O–H groups in total. The van der Waals surface area contributed by atoms with Gasteiger partial charge in [0.05, 0.1) is 15.5 Å². The maximum absolute atomic E-state index is 13.1. The number of nitrogens with zero attached hydrogens (tertiary/aromatic N) is 1. The highest BCUT2D eigenvalue weighted by atomic mass is 32.2. The standard InChI is InChI=1S/C17H19NOS/c1-3-15(16-10-6-4-7-11-16)14-20(19,18-2)17-12-8-5-9-13-17/h3-13H,14H2,1-2H3/b15-3-. The molecule has 2 aromatic rings. The Bertz CT molecular complexity index is 696. The number of hydrogen-bond donors (Lipinski definition) is 0. The second-order valence-corrected chi connectivity index (χ2v) is 6.87. The van der Waals surface area contributed by atoms with Gasteiger partial charge in [-0.15, -0.1) is 0 Å². The van der Waals surface area contributed by atoms with E-state index in [1.165, 1.54) is 0 Å². The van der Waals surface area contributed by atoms with E-state index in [4.69, 9.17) is 0 Å². The zero-order chi connectivity index (χ0) is 14.4. The van der Waals surface area contributed by atoms with Crippen LogP contribution in [0.3, 0.4) is 0 Å². The van der Waals surface area contributed by atoms with Crippen molar-refractivity contribution in [3.8, 4) is 0 Å². The summed E-state index contributed by atoms with van der Waals surface area (Å²) in [5.74, 6) is 0.439. The molecule has 0 spiro atoms. The highest BCUT2D eigenvalue weighted by molar-refractivity contribution is 7.94. The molecule has 1 atom stereocenters. The minimum Gasteiger partial charge on any atom is -0.244 e. The lowest BCUT2D eigenvalue weighted by Gasteiger charge is -2.13. The summed E-state index contributed by atoms with van der Waals surface area (Å²) in [5, 5.41) is 0. The van der Waals surface area contributed by atoms with Gasteiger partial charge in [0.25, 0.3) is 0 Å². The Balaban J connectivity index is 2.39. The van der Waals surface area contributed by atoms with Crippen LogP contribution in [-0.4, -0.2) is 17.0 Å². The molecule has 0 amide bonds. The van der Waals surface area contributed by atoms with Crippen LogP contribution in [0.25, 0.3) is 5.57 Å². The van der Waals surface area contributed by atoms with Crippen molar-refractivity contribution in [2.45, 2.75) is 11.8 Å². The van der Waals surface area contributed by atoms with Gasteiger partial charge >= 0.3 is 0 Å². The molecule has 0 heterocycles. The first-order chi connectivity index (χ1) is 9.69. The number of benzene rings is 2. The molecule has 1 unspecified atom stereocenters. The Morgan fingerprint density at radius 2 is 1.60 bits per heavy atom. The van der Waals surface area contributed by atoms with Crippen LogP contribution in [0.4, 0.5) is 0 Å². The highest BCUT2D eigenvalue weighted by Crippen LogP contribution is 2.22. The van der Waals surface area contributed by atoms with Crippen molar-refractivity contribution in [2.24, 2.45) is 4.36 Å². The Hall–Kier alpha value is -1.87. The molecule has 0 bridgehead atoms. The molecular formula is C17H19NOS. The molecule has 0 aliphatic heterocycles. The lowest BCUT2D eigenvalue weighted by molar-refractivity contribution is 0.678. The Kier molecular flexibility index (Phi) is 4.74. The number of allylic oxidation sites excluding steroid dienone is 1. The Morgan fingerprint density at radius 1 is 1.05 bits per heavy atom. The second kappa shape index (κ2) is 6.53. The van der Waals surface area contributed by atoms with Gasteiger partial charge in [-0.3, -0.25) is 0 Å². The van der Waals surface area contributed by atoms with E-state index in [1.54, 1.807) is 7.05 Å². The predicted molar refractivity (Wildman–Crippen MR) is 86.2 cm³/mol. The van der Waals surface area contributed by atoms with Gasteiger partial charge in [-0.1, -0.05) is 54.6 Å². The largest absolute Gasteiger partial charge is 0.244 e. The summed E-state index contributed by atoms with van der Waals surface area (Å²) in [5.41, 5.74) is 2.16. The fourth-order valence-corrected chi connectivity index (χ4v) is 3.93. The van der Waals surface area contributed by atoms with Gasteiger partial charge in [0, 0.05) is 11.9 Å². The summed E-state index contributed by atoms with van der Waals surface area (Å²) in [4.78, 5) is 0.790. The molecular weight excluding hydrogens is 266 g/mol. The lowest BCUT2D eigenvalue weighted by Crippen LogP contribution is -2.08. The lowest BCUT2D eigenvalue weighted by atomic mass is 10.1. The topological polar surface area (TPSA) is 29.4 Å². The first kappa shape index (κ1) is 14.5. The van der Waals surface area contributed by atoms with Crippen LogP contribution in [0.5, 0.6) is 0 Å². The summed E-state index contributed by atoms with van der Waals surface area (Å²) < 4.78 is 17.3. The van der Waals surface area contributed by atoms with Crippen LogP contribution >= 0.6 is 0 Å².